The maximum Gasteiger partial charge on any atom is 0.441 e. The molecule has 15 heavy (non-hydrogen) atoms. The summed E-state index contributed by atoms with van der Waals surface area (Å²) in [7, 11) is 0. The Bertz CT molecular complexity index is 311. The van der Waals surface area contributed by atoms with Crippen LogP contribution in [-0.4, -0.2) is 29.0 Å². The summed E-state index contributed by atoms with van der Waals surface area (Å²) in [5.41, 5.74) is -4.75. The number of carbonyl (C=O) groups excluding carboxylic acids is 1. The van der Waals surface area contributed by atoms with Gasteiger partial charge in [0.25, 0.3) is 0 Å². The zero-order valence-electron chi connectivity index (χ0n) is 6.61. The van der Waals surface area contributed by atoms with Gasteiger partial charge in [-0.2, -0.15) is 26.3 Å². The van der Waals surface area contributed by atoms with E-state index in [-0.39, 0.29) is 0 Å². The molecule has 1 aliphatic rings. The topological polar surface area (TPSA) is 46.5 Å². The molecule has 1 heterocycles. The minimum Gasteiger partial charge on any atom is -0.502 e. The molecule has 86 valence electrons. The molecule has 0 saturated heterocycles. The Balaban J connectivity index is 3.31. The minimum atomic E-state index is -5.88. The van der Waals surface area contributed by atoms with Crippen LogP contribution in [0.2, 0.25) is 0 Å². The lowest BCUT2D eigenvalue weighted by molar-refractivity contribution is -0.345. The molecule has 0 saturated carbocycles. The van der Waals surface area contributed by atoms with Gasteiger partial charge in [0.2, 0.25) is 5.76 Å². The number of alkyl halides is 6. The number of ether oxygens (including phenoxy) is 1. The third kappa shape index (κ3) is 1.51. The smallest absolute Gasteiger partial charge is 0.441 e. The van der Waals surface area contributed by atoms with Gasteiger partial charge < -0.3 is 9.84 Å². The number of hydrogen-bond acceptors (Lipinski definition) is 3. The van der Waals surface area contributed by atoms with E-state index in [1.807, 2.05) is 0 Å². The van der Waals surface area contributed by atoms with Crippen LogP contribution in [0.1, 0.15) is 0 Å². The average molecular weight is 236 g/mol. The molecule has 0 aliphatic carbocycles. The number of rotatable bonds is 0. The summed E-state index contributed by atoms with van der Waals surface area (Å²) in [6.07, 6.45) is -12.5. The fourth-order valence-corrected chi connectivity index (χ4v) is 0.920. The molecule has 9 heteroatoms. The number of cyclic esters (lactones) is 1. The summed E-state index contributed by atoms with van der Waals surface area (Å²) in [5.74, 6) is -3.78. The van der Waals surface area contributed by atoms with Gasteiger partial charge in [-0.1, -0.05) is 0 Å². The molecular weight excluding hydrogens is 234 g/mol. The number of aliphatic hydroxyl groups excluding tert-OH is 1. The number of carbonyl (C=O) groups is 1. The van der Waals surface area contributed by atoms with Crippen molar-refractivity contribution >= 4 is 5.97 Å². The molecule has 1 aliphatic heterocycles. The number of esters is 1. The standard InChI is InChI=1S/C6H2F6O3/c7-5(8,9)4(6(10,11)12)1-2(13)3(14)15-4/h1,13H. The zero-order chi connectivity index (χ0) is 12.1. The van der Waals surface area contributed by atoms with Gasteiger partial charge in [0.1, 0.15) is 0 Å². The molecule has 0 aromatic rings. The van der Waals surface area contributed by atoms with Gasteiger partial charge >= 0.3 is 23.9 Å². The van der Waals surface area contributed by atoms with Crippen LogP contribution in [0.5, 0.6) is 0 Å². The second-order valence-corrected chi connectivity index (χ2v) is 2.65. The summed E-state index contributed by atoms with van der Waals surface area (Å²) in [6, 6.07) is 0. The van der Waals surface area contributed by atoms with Crippen LogP contribution in [0.25, 0.3) is 0 Å². The molecule has 0 fully saturated rings. The maximum absolute atomic E-state index is 12.1. The van der Waals surface area contributed by atoms with Gasteiger partial charge in [-0.05, 0) is 0 Å². The fourth-order valence-electron chi connectivity index (χ4n) is 0.920. The van der Waals surface area contributed by atoms with Crippen LogP contribution in [-0.2, 0) is 9.53 Å². The van der Waals surface area contributed by atoms with Crippen LogP contribution in [0.15, 0.2) is 11.8 Å². The molecule has 1 rings (SSSR count). The number of halogens is 6. The van der Waals surface area contributed by atoms with Gasteiger partial charge in [0, 0.05) is 6.08 Å². The highest BCUT2D eigenvalue weighted by Gasteiger charge is 2.75. The second kappa shape index (κ2) is 2.80. The van der Waals surface area contributed by atoms with Crippen molar-refractivity contribution in [3.8, 4) is 0 Å². The van der Waals surface area contributed by atoms with Crippen molar-refractivity contribution in [2.75, 3.05) is 0 Å². The van der Waals surface area contributed by atoms with Crippen molar-refractivity contribution in [2.24, 2.45) is 0 Å². The lowest BCUT2D eigenvalue weighted by Crippen LogP contribution is -2.56. The van der Waals surface area contributed by atoms with Gasteiger partial charge in [-0.25, -0.2) is 4.79 Å². The molecule has 0 unspecified atom stereocenters. The van der Waals surface area contributed by atoms with Crippen molar-refractivity contribution in [2.45, 2.75) is 18.0 Å². The predicted octanol–water partition coefficient (Wildman–Crippen LogP) is 1.85. The quantitative estimate of drug-likeness (QED) is 0.515. The Morgan fingerprint density at radius 1 is 1.13 bits per heavy atom. The summed E-state index contributed by atoms with van der Waals surface area (Å²) < 4.78 is 75.8. The zero-order valence-corrected chi connectivity index (χ0v) is 6.61. The van der Waals surface area contributed by atoms with Crippen molar-refractivity contribution in [1.82, 2.24) is 0 Å². The summed E-state index contributed by atoms with van der Waals surface area (Å²) in [5, 5.41) is 8.45. The van der Waals surface area contributed by atoms with E-state index < -0.39 is 35.8 Å². The van der Waals surface area contributed by atoms with E-state index in [0.717, 1.165) is 0 Å². The highest BCUT2D eigenvalue weighted by atomic mass is 19.4. The van der Waals surface area contributed by atoms with E-state index >= 15 is 0 Å². The Kier molecular flexibility index (Phi) is 2.17. The third-order valence-electron chi connectivity index (χ3n) is 1.65. The molecule has 0 atom stereocenters. The van der Waals surface area contributed by atoms with Crippen molar-refractivity contribution < 1.29 is 41.0 Å². The van der Waals surface area contributed by atoms with Crippen LogP contribution >= 0.6 is 0 Å². The number of aliphatic hydroxyl groups is 1. The van der Waals surface area contributed by atoms with Gasteiger partial charge in [-0.3, -0.25) is 0 Å². The molecule has 0 amide bonds. The van der Waals surface area contributed by atoms with E-state index in [1.54, 1.807) is 0 Å². The largest absolute Gasteiger partial charge is 0.502 e. The Morgan fingerprint density at radius 2 is 1.53 bits per heavy atom. The minimum absolute atomic E-state index is 0.699. The van der Waals surface area contributed by atoms with E-state index in [9.17, 15) is 31.1 Å². The van der Waals surface area contributed by atoms with E-state index in [0.29, 0.717) is 0 Å². The molecule has 0 bridgehead atoms. The molecule has 0 aromatic heterocycles. The summed E-state index contributed by atoms with van der Waals surface area (Å²) >= 11 is 0. The summed E-state index contributed by atoms with van der Waals surface area (Å²) in [4.78, 5) is 10.3. The molecule has 0 aromatic carbocycles. The number of hydrogen-bond donors (Lipinski definition) is 1. The van der Waals surface area contributed by atoms with Crippen LogP contribution in [0.4, 0.5) is 26.3 Å². The van der Waals surface area contributed by atoms with Crippen molar-refractivity contribution in [3.05, 3.63) is 11.8 Å². The van der Waals surface area contributed by atoms with Gasteiger partial charge in [0.15, 0.2) is 0 Å². The average Bonchev–Trinajstić information content (AvgIpc) is 2.26. The van der Waals surface area contributed by atoms with Gasteiger partial charge in [-0.15, -0.1) is 0 Å². The Morgan fingerprint density at radius 3 is 1.67 bits per heavy atom. The van der Waals surface area contributed by atoms with E-state index in [1.165, 1.54) is 0 Å². The Hall–Kier alpha value is -1.41. The third-order valence-corrected chi connectivity index (χ3v) is 1.65. The maximum atomic E-state index is 12.1. The molecular formula is C6H2F6O3. The van der Waals surface area contributed by atoms with Crippen LogP contribution < -0.4 is 0 Å². The van der Waals surface area contributed by atoms with Gasteiger partial charge in [0.05, 0.1) is 0 Å². The van der Waals surface area contributed by atoms with Crippen LogP contribution in [0, 0.1) is 0 Å². The first-order valence-corrected chi connectivity index (χ1v) is 3.30. The predicted molar refractivity (Wildman–Crippen MR) is 31.6 cm³/mol. The lowest BCUT2D eigenvalue weighted by Gasteiger charge is -2.30. The fraction of sp³-hybridized carbons (Fsp3) is 0.500. The van der Waals surface area contributed by atoms with Crippen molar-refractivity contribution in [1.29, 1.82) is 0 Å². The first-order chi connectivity index (χ1) is 6.51. The van der Waals surface area contributed by atoms with Crippen LogP contribution in [0.3, 0.4) is 0 Å². The highest BCUT2D eigenvalue weighted by molar-refractivity contribution is 5.89. The molecule has 3 nitrogen and oxygen atoms in total. The molecule has 0 radical (unpaired) electrons. The molecule has 1 N–H and O–H groups in total. The summed E-state index contributed by atoms with van der Waals surface area (Å²) in [6.45, 7) is 0. The lowest BCUT2D eigenvalue weighted by atomic mass is 10.0. The SMILES string of the molecule is O=C1OC(C(F)(F)F)(C(F)(F)F)C=C1O. The normalized spacial score (nSPS) is 21.2. The monoisotopic (exact) mass is 236 g/mol. The first-order valence-electron chi connectivity index (χ1n) is 3.30. The molecule has 0 spiro atoms. The first kappa shape index (κ1) is 11.7. The van der Waals surface area contributed by atoms with Crippen molar-refractivity contribution in [3.63, 3.8) is 0 Å². The highest BCUT2D eigenvalue weighted by Crippen LogP contribution is 2.49. The van der Waals surface area contributed by atoms with E-state index in [2.05, 4.69) is 4.74 Å². The van der Waals surface area contributed by atoms with E-state index in [4.69, 9.17) is 5.11 Å². The Labute approximate surface area is 77.9 Å². The second-order valence-electron chi connectivity index (χ2n) is 2.65.